The number of rotatable bonds is 2. The van der Waals surface area contributed by atoms with E-state index in [0.29, 0.717) is 22.9 Å². The fraction of sp³-hybridized carbons (Fsp3) is 0.600. The SMILES string of the molecule is CC(C)C1CCCCC1(O)c1ccc(Cl)cc1F. The molecule has 1 N–H and O–H groups in total. The van der Waals surface area contributed by atoms with Crippen molar-refractivity contribution in [3.63, 3.8) is 0 Å². The molecule has 0 heterocycles. The second-order valence-corrected chi connectivity index (χ2v) is 6.08. The molecule has 0 aliphatic heterocycles. The lowest BCUT2D eigenvalue weighted by molar-refractivity contribution is -0.0745. The molecule has 0 aromatic heterocycles. The molecule has 0 saturated heterocycles. The third-order valence-corrected chi connectivity index (χ3v) is 4.37. The van der Waals surface area contributed by atoms with Gasteiger partial charge in [0.2, 0.25) is 0 Å². The van der Waals surface area contributed by atoms with Gasteiger partial charge in [-0.25, -0.2) is 4.39 Å². The highest BCUT2D eigenvalue weighted by molar-refractivity contribution is 6.30. The van der Waals surface area contributed by atoms with Crippen LogP contribution in [0.25, 0.3) is 0 Å². The van der Waals surface area contributed by atoms with Gasteiger partial charge in [0.1, 0.15) is 5.82 Å². The Morgan fingerprint density at radius 2 is 2.11 bits per heavy atom. The maximum Gasteiger partial charge on any atom is 0.130 e. The molecule has 0 spiro atoms. The molecule has 0 bridgehead atoms. The predicted molar refractivity (Wildman–Crippen MR) is 72.1 cm³/mol. The largest absolute Gasteiger partial charge is 0.385 e. The topological polar surface area (TPSA) is 20.2 Å². The van der Waals surface area contributed by atoms with Gasteiger partial charge in [-0.15, -0.1) is 0 Å². The standard InChI is InChI=1S/C15H20ClFO/c1-10(2)12-5-3-4-8-15(12,18)13-7-6-11(16)9-14(13)17/h6-7,9-10,12,18H,3-5,8H2,1-2H3. The fourth-order valence-electron chi connectivity index (χ4n) is 3.24. The van der Waals surface area contributed by atoms with Gasteiger partial charge in [0.05, 0.1) is 5.60 Å². The first-order valence-corrected chi connectivity index (χ1v) is 7.01. The van der Waals surface area contributed by atoms with Crippen LogP contribution in [0.2, 0.25) is 5.02 Å². The van der Waals surface area contributed by atoms with Crippen molar-refractivity contribution < 1.29 is 9.50 Å². The summed E-state index contributed by atoms with van der Waals surface area (Å²) in [7, 11) is 0. The molecule has 0 amide bonds. The third kappa shape index (κ3) is 2.41. The Bertz CT molecular complexity index is 433. The summed E-state index contributed by atoms with van der Waals surface area (Å²) in [4.78, 5) is 0. The van der Waals surface area contributed by atoms with Crippen LogP contribution in [0.1, 0.15) is 45.1 Å². The van der Waals surface area contributed by atoms with Crippen molar-refractivity contribution in [3.05, 3.63) is 34.6 Å². The van der Waals surface area contributed by atoms with Crippen molar-refractivity contribution in [1.82, 2.24) is 0 Å². The molecule has 100 valence electrons. The summed E-state index contributed by atoms with van der Waals surface area (Å²) in [6, 6.07) is 4.59. The fourth-order valence-corrected chi connectivity index (χ4v) is 3.40. The lowest BCUT2D eigenvalue weighted by Crippen LogP contribution is -2.41. The quantitative estimate of drug-likeness (QED) is 0.838. The van der Waals surface area contributed by atoms with E-state index in [-0.39, 0.29) is 5.92 Å². The smallest absolute Gasteiger partial charge is 0.130 e. The number of hydrogen-bond donors (Lipinski definition) is 1. The molecule has 18 heavy (non-hydrogen) atoms. The van der Waals surface area contributed by atoms with Gasteiger partial charge in [-0.3, -0.25) is 0 Å². The maximum atomic E-state index is 14.1. The molecule has 1 aliphatic rings. The van der Waals surface area contributed by atoms with Crippen LogP contribution >= 0.6 is 11.6 Å². The molecule has 2 atom stereocenters. The van der Waals surface area contributed by atoms with E-state index in [4.69, 9.17) is 11.6 Å². The van der Waals surface area contributed by atoms with Gasteiger partial charge in [0.15, 0.2) is 0 Å². The maximum absolute atomic E-state index is 14.1. The molecule has 1 aromatic rings. The van der Waals surface area contributed by atoms with Crippen LogP contribution in [0.4, 0.5) is 4.39 Å². The highest BCUT2D eigenvalue weighted by Crippen LogP contribution is 2.46. The molecule has 1 aromatic carbocycles. The van der Waals surface area contributed by atoms with Gasteiger partial charge in [-0.05, 0) is 36.8 Å². The van der Waals surface area contributed by atoms with Crippen LogP contribution in [-0.4, -0.2) is 5.11 Å². The zero-order valence-electron chi connectivity index (χ0n) is 10.9. The monoisotopic (exact) mass is 270 g/mol. The van der Waals surface area contributed by atoms with Crippen molar-refractivity contribution in [2.45, 2.75) is 45.1 Å². The molecule has 2 unspecified atom stereocenters. The second kappa shape index (κ2) is 5.18. The Morgan fingerprint density at radius 1 is 1.39 bits per heavy atom. The lowest BCUT2D eigenvalue weighted by Gasteiger charge is -2.42. The molecule has 2 rings (SSSR count). The molecular weight excluding hydrogens is 251 g/mol. The van der Waals surface area contributed by atoms with Crippen LogP contribution in [0.3, 0.4) is 0 Å². The van der Waals surface area contributed by atoms with Gasteiger partial charge in [0, 0.05) is 10.6 Å². The average Bonchev–Trinajstić information content (AvgIpc) is 2.28. The van der Waals surface area contributed by atoms with Crippen LogP contribution in [0.5, 0.6) is 0 Å². The molecule has 1 aliphatic carbocycles. The zero-order chi connectivity index (χ0) is 13.3. The van der Waals surface area contributed by atoms with E-state index >= 15 is 0 Å². The minimum atomic E-state index is -1.04. The highest BCUT2D eigenvalue weighted by Gasteiger charge is 2.43. The summed E-state index contributed by atoms with van der Waals surface area (Å²) >= 11 is 5.78. The number of hydrogen-bond acceptors (Lipinski definition) is 1. The molecule has 1 saturated carbocycles. The van der Waals surface area contributed by atoms with E-state index in [1.54, 1.807) is 12.1 Å². The summed E-state index contributed by atoms with van der Waals surface area (Å²) in [5.41, 5.74) is -0.633. The van der Waals surface area contributed by atoms with Crippen molar-refractivity contribution in [1.29, 1.82) is 0 Å². The highest BCUT2D eigenvalue weighted by atomic mass is 35.5. The number of aliphatic hydroxyl groups is 1. The van der Waals surface area contributed by atoms with E-state index in [1.807, 2.05) is 0 Å². The van der Waals surface area contributed by atoms with Crippen molar-refractivity contribution in [2.75, 3.05) is 0 Å². The Hall–Kier alpha value is -0.600. The summed E-state index contributed by atoms with van der Waals surface area (Å²) in [6.07, 6.45) is 3.65. The Labute approximate surface area is 113 Å². The zero-order valence-corrected chi connectivity index (χ0v) is 11.7. The molecule has 1 fully saturated rings. The van der Waals surface area contributed by atoms with Crippen LogP contribution in [-0.2, 0) is 5.60 Å². The first-order chi connectivity index (χ1) is 8.45. The Balaban J connectivity index is 2.43. The lowest BCUT2D eigenvalue weighted by atomic mass is 9.67. The molecule has 3 heteroatoms. The molecule has 1 nitrogen and oxygen atoms in total. The van der Waals surface area contributed by atoms with E-state index in [9.17, 15) is 9.50 Å². The van der Waals surface area contributed by atoms with Gasteiger partial charge in [0.25, 0.3) is 0 Å². The van der Waals surface area contributed by atoms with Crippen LogP contribution < -0.4 is 0 Å². The second-order valence-electron chi connectivity index (χ2n) is 5.64. The van der Waals surface area contributed by atoms with Gasteiger partial charge in [-0.2, -0.15) is 0 Å². The first kappa shape index (κ1) is 13.8. The van der Waals surface area contributed by atoms with Gasteiger partial charge < -0.3 is 5.11 Å². The van der Waals surface area contributed by atoms with E-state index < -0.39 is 11.4 Å². The third-order valence-electron chi connectivity index (χ3n) is 4.14. The van der Waals surface area contributed by atoms with Gasteiger partial charge in [-0.1, -0.05) is 44.4 Å². The minimum Gasteiger partial charge on any atom is -0.385 e. The van der Waals surface area contributed by atoms with Crippen molar-refractivity contribution >= 4 is 11.6 Å². The van der Waals surface area contributed by atoms with Crippen molar-refractivity contribution in [3.8, 4) is 0 Å². The Morgan fingerprint density at radius 3 is 2.72 bits per heavy atom. The van der Waals surface area contributed by atoms with Crippen LogP contribution in [0, 0.1) is 17.7 Å². The Kier molecular flexibility index (Phi) is 3.98. The van der Waals surface area contributed by atoms with E-state index in [1.165, 1.54) is 6.07 Å². The minimum absolute atomic E-state index is 0.113. The normalized spacial score (nSPS) is 28.7. The summed E-state index contributed by atoms with van der Waals surface area (Å²) < 4.78 is 14.1. The van der Waals surface area contributed by atoms with Crippen LogP contribution in [0.15, 0.2) is 18.2 Å². The molecule has 0 radical (unpaired) electrons. The average molecular weight is 271 g/mol. The number of halogens is 2. The van der Waals surface area contributed by atoms with E-state index in [2.05, 4.69) is 13.8 Å². The van der Waals surface area contributed by atoms with E-state index in [0.717, 1.165) is 19.3 Å². The number of benzene rings is 1. The summed E-state index contributed by atoms with van der Waals surface area (Å²) in [5.74, 6) is 0.0600. The van der Waals surface area contributed by atoms with Crippen molar-refractivity contribution in [2.24, 2.45) is 11.8 Å². The summed E-state index contributed by atoms with van der Waals surface area (Å²) in [6.45, 7) is 4.18. The molecular formula is C15H20ClFO. The first-order valence-electron chi connectivity index (χ1n) is 6.63. The summed E-state index contributed by atoms with van der Waals surface area (Å²) in [5, 5.41) is 11.3. The predicted octanol–water partition coefficient (Wildman–Crippen LogP) is 4.51. The van der Waals surface area contributed by atoms with Gasteiger partial charge >= 0.3 is 0 Å².